The molecule has 0 aliphatic carbocycles. The van der Waals surface area contributed by atoms with Crippen LogP contribution in [0.25, 0.3) is 0 Å². The second-order valence-electron chi connectivity index (χ2n) is 4.67. The highest BCUT2D eigenvalue weighted by Gasteiger charge is 2.18. The number of fused-ring (bicyclic) bond motifs is 1. The first-order chi connectivity index (χ1) is 10.1. The lowest BCUT2D eigenvalue weighted by Gasteiger charge is -2.12. The minimum absolute atomic E-state index is 0.399. The third-order valence-electron chi connectivity index (χ3n) is 3.20. The number of carboxylic acid groups (broad SMARTS) is 1. The molecule has 1 aromatic rings. The number of amides is 1. The first-order valence-corrected chi connectivity index (χ1v) is 8.51. The lowest BCUT2D eigenvalue weighted by molar-refractivity contribution is -0.140. The lowest BCUT2D eigenvalue weighted by Crippen LogP contribution is -2.36. The van der Waals surface area contributed by atoms with Crippen LogP contribution in [0, 0.1) is 0 Å². The standard InChI is InChI=1S/C14H16BrNO4S/c15-11-5-9-1-3-20-13(9)10(6-11)7-21-4-2-12(14(18)19)16-8-17/h5-6,8,12H,1-4,7H2,(H,16,17)(H,18,19). The van der Waals surface area contributed by atoms with E-state index in [0.717, 1.165) is 28.0 Å². The highest BCUT2D eigenvalue weighted by Crippen LogP contribution is 2.35. The average molecular weight is 374 g/mol. The van der Waals surface area contributed by atoms with E-state index in [0.29, 0.717) is 25.2 Å². The molecule has 114 valence electrons. The molecule has 2 rings (SSSR count). The molecule has 0 saturated carbocycles. The van der Waals surface area contributed by atoms with E-state index in [-0.39, 0.29) is 0 Å². The molecule has 0 bridgehead atoms. The minimum Gasteiger partial charge on any atom is -0.493 e. The van der Waals surface area contributed by atoms with Gasteiger partial charge in [-0.05, 0) is 29.9 Å². The maximum absolute atomic E-state index is 10.9. The highest BCUT2D eigenvalue weighted by molar-refractivity contribution is 9.10. The number of nitrogens with one attached hydrogen (secondary N) is 1. The van der Waals surface area contributed by atoms with Crippen molar-refractivity contribution in [1.82, 2.24) is 5.32 Å². The van der Waals surface area contributed by atoms with Gasteiger partial charge in [-0.15, -0.1) is 0 Å². The van der Waals surface area contributed by atoms with Crippen LogP contribution in [0.15, 0.2) is 16.6 Å². The zero-order valence-corrected chi connectivity index (χ0v) is 13.7. The summed E-state index contributed by atoms with van der Waals surface area (Å²) < 4.78 is 6.69. The molecule has 7 heteroatoms. The van der Waals surface area contributed by atoms with Crippen LogP contribution in [0.5, 0.6) is 5.75 Å². The van der Waals surface area contributed by atoms with Gasteiger partial charge in [0.15, 0.2) is 0 Å². The van der Waals surface area contributed by atoms with Gasteiger partial charge in [0.25, 0.3) is 0 Å². The van der Waals surface area contributed by atoms with Crippen LogP contribution < -0.4 is 10.1 Å². The van der Waals surface area contributed by atoms with E-state index in [1.54, 1.807) is 11.8 Å². The molecule has 2 N–H and O–H groups in total. The molecule has 0 radical (unpaired) electrons. The van der Waals surface area contributed by atoms with Gasteiger partial charge in [0, 0.05) is 22.2 Å². The van der Waals surface area contributed by atoms with E-state index < -0.39 is 12.0 Å². The Hall–Kier alpha value is -1.21. The third-order valence-corrected chi connectivity index (χ3v) is 4.70. The van der Waals surface area contributed by atoms with Crippen LogP contribution in [0.3, 0.4) is 0 Å². The van der Waals surface area contributed by atoms with E-state index >= 15 is 0 Å². The summed E-state index contributed by atoms with van der Waals surface area (Å²) in [7, 11) is 0. The van der Waals surface area contributed by atoms with E-state index in [4.69, 9.17) is 9.84 Å². The molecule has 1 aromatic carbocycles. The summed E-state index contributed by atoms with van der Waals surface area (Å²) >= 11 is 5.13. The van der Waals surface area contributed by atoms with Gasteiger partial charge in [0.05, 0.1) is 6.61 Å². The Balaban J connectivity index is 1.87. The van der Waals surface area contributed by atoms with Crippen molar-refractivity contribution in [2.45, 2.75) is 24.6 Å². The van der Waals surface area contributed by atoms with E-state index in [1.165, 1.54) is 5.56 Å². The quantitative estimate of drug-likeness (QED) is 0.539. The molecule has 1 atom stereocenters. The summed E-state index contributed by atoms with van der Waals surface area (Å²) in [5.41, 5.74) is 2.34. The monoisotopic (exact) mass is 373 g/mol. The number of aliphatic carboxylic acids is 1. The van der Waals surface area contributed by atoms with Gasteiger partial charge in [-0.25, -0.2) is 4.79 Å². The molecular weight excluding hydrogens is 358 g/mol. The van der Waals surface area contributed by atoms with Gasteiger partial charge in [-0.3, -0.25) is 4.79 Å². The van der Waals surface area contributed by atoms with E-state index in [1.807, 2.05) is 6.07 Å². The van der Waals surface area contributed by atoms with E-state index in [2.05, 4.69) is 27.3 Å². The summed E-state index contributed by atoms with van der Waals surface area (Å²) in [5, 5.41) is 11.2. The molecule has 1 aliphatic heterocycles. The van der Waals surface area contributed by atoms with Crippen molar-refractivity contribution < 1.29 is 19.4 Å². The first kappa shape index (κ1) is 16.2. The normalized spacial score (nSPS) is 14.1. The summed E-state index contributed by atoms with van der Waals surface area (Å²) in [6.07, 6.45) is 1.76. The average Bonchev–Trinajstić information content (AvgIpc) is 2.89. The second-order valence-corrected chi connectivity index (χ2v) is 6.69. The van der Waals surface area contributed by atoms with Crippen molar-refractivity contribution in [3.8, 4) is 5.75 Å². The summed E-state index contributed by atoms with van der Waals surface area (Å²) in [6.45, 7) is 0.716. The number of thioether (sulfide) groups is 1. The van der Waals surface area contributed by atoms with Crippen LogP contribution in [-0.2, 0) is 21.8 Å². The van der Waals surface area contributed by atoms with Gasteiger partial charge in [-0.1, -0.05) is 15.9 Å². The van der Waals surface area contributed by atoms with Gasteiger partial charge in [0.1, 0.15) is 11.8 Å². The molecule has 1 aliphatic rings. The van der Waals surface area contributed by atoms with Crippen molar-refractivity contribution in [3.63, 3.8) is 0 Å². The molecule has 0 fully saturated rings. The number of ether oxygens (including phenoxy) is 1. The van der Waals surface area contributed by atoms with Gasteiger partial charge < -0.3 is 15.2 Å². The van der Waals surface area contributed by atoms with Crippen LogP contribution in [0.2, 0.25) is 0 Å². The smallest absolute Gasteiger partial charge is 0.326 e. The molecule has 1 heterocycles. The lowest BCUT2D eigenvalue weighted by atomic mass is 10.1. The zero-order valence-electron chi connectivity index (χ0n) is 11.3. The van der Waals surface area contributed by atoms with E-state index in [9.17, 15) is 9.59 Å². The predicted molar refractivity (Wildman–Crippen MR) is 84.7 cm³/mol. The van der Waals surface area contributed by atoms with Gasteiger partial charge >= 0.3 is 5.97 Å². The Morgan fingerprint density at radius 3 is 3.10 bits per heavy atom. The maximum Gasteiger partial charge on any atom is 0.326 e. The Bertz CT molecular complexity index is 538. The summed E-state index contributed by atoms with van der Waals surface area (Å²) in [5.74, 6) is 1.37. The maximum atomic E-state index is 10.9. The number of hydrogen-bond donors (Lipinski definition) is 2. The number of benzene rings is 1. The Morgan fingerprint density at radius 1 is 1.57 bits per heavy atom. The second kappa shape index (κ2) is 7.70. The molecule has 21 heavy (non-hydrogen) atoms. The Labute approximate surface area is 135 Å². The SMILES string of the molecule is O=CNC(CCSCc1cc(Br)cc2c1OCC2)C(=O)O. The zero-order chi connectivity index (χ0) is 15.2. The Morgan fingerprint density at radius 2 is 2.38 bits per heavy atom. The summed E-state index contributed by atoms with van der Waals surface area (Å²) in [4.78, 5) is 21.2. The van der Waals surface area contributed by atoms with Crippen molar-refractivity contribution in [1.29, 1.82) is 0 Å². The molecule has 1 amide bonds. The van der Waals surface area contributed by atoms with Crippen LogP contribution in [-0.4, -0.2) is 35.9 Å². The fraction of sp³-hybridized carbons (Fsp3) is 0.429. The van der Waals surface area contributed by atoms with Crippen molar-refractivity contribution in [2.75, 3.05) is 12.4 Å². The molecular formula is C14H16BrNO4S. The molecule has 0 aromatic heterocycles. The molecule has 1 unspecified atom stereocenters. The predicted octanol–water partition coefficient (Wildman–Crippen LogP) is 2.21. The van der Waals surface area contributed by atoms with Crippen molar-refractivity contribution in [3.05, 3.63) is 27.7 Å². The van der Waals surface area contributed by atoms with Crippen LogP contribution >= 0.6 is 27.7 Å². The van der Waals surface area contributed by atoms with Crippen LogP contribution in [0.1, 0.15) is 17.5 Å². The van der Waals surface area contributed by atoms with Crippen molar-refractivity contribution >= 4 is 40.1 Å². The van der Waals surface area contributed by atoms with Gasteiger partial charge in [-0.2, -0.15) is 11.8 Å². The highest BCUT2D eigenvalue weighted by atomic mass is 79.9. The number of rotatable bonds is 8. The fourth-order valence-electron chi connectivity index (χ4n) is 2.20. The third kappa shape index (κ3) is 4.38. The number of carboxylic acids is 1. The first-order valence-electron chi connectivity index (χ1n) is 6.56. The van der Waals surface area contributed by atoms with Gasteiger partial charge in [0.2, 0.25) is 6.41 Å². The topological polar surface area (TPSA) is 75.6 Å². The minimum atomic E-state index is -1.01. The summed E-state index contributed by atoms with van der Waals surface area (Å²) in [6, 6.07) is 3.29. The molecule has 0 saturated heterocycles. The number of hydrogen-bond acceptors (Lipinski definition) is 4. The number of carbonyl (C=O) groups is 2. The molecule has 0 spiro atoms. The molecule has 5 nitrogen and oxygen atoms in total. The number of carbonyl (C=O) groups excluding carboxylic acids is 1. The fourth-order valence-corrected chi connectivity index (χ4v) is 3.73. The van der Waals surface area contributed by atoms with Crippen LogP contribution in [0.4, 0.5) is 0 Å². The van der Waals surface area contributed by atoms with Crippen molar-refractivity contribution in [2.24, 2.45) is 0 Å². The largest absolute Gasteiger partial charge is 0.493 e. The number of halogens is 1. The Kier molecular flexibility index (Phi) is 5.93.